The SMILES string of the molecule is O=C(NCC1CCCO1)c1ccc(OCBr)cc1. The largest absolute Gasteiger partial charge is 0.482 e. The van der Waals surface area contributed by atoms with E-state index in [0.29, 0.717) is 17.6 Å². The normalized spacial score (nSPS) is 18.6. The van der Waals surface area contributed by atoms with E-state index in [1.165, 1.54) is 0 Å². The van der Waals surface area contributed by atoms with Crippen LogP contribution >= 0.6 is 15.9 Å². The van der Waals surface area contributed by atoms with Gasteiger partial charge in [-0.25, -0.2) is 0 Å². The first-order valence-electron chi connectivity index (χ1n) is 5.98. The number of hydrogen-bond donors (Lipinski definition) is 1. The Morgan fingerprint density at radius 3 is 2.83 bits per heavy atom. The first-order valence-corrected chi connectivity index (χ1v) is 7.10. The number of benzene rings is 1. The zero-order valence-electron chi connectivity index (χ0n) is 10.0. The minimum Gasteiger partial charge on any atom is -0.482 e. The zero-order chi connectivity index (χ0) is 12.8. The number of hydrogen-bond acceptors (Lipinski definition) is 3. The summed E-state index contributed by atoms with van der Waals surface area (Å²) in [6, 6.07) is 7.07. The number of carbonyl (C=O) groups excluding carboxylic acids is 1. The molecule has 1 atom stereocenters. The van der Waals surface area contributed by atoms with Gasteiger partial charge in [-0.15, -0.1) is 0 Å². The Kier molecular flexibility index (Phi) is 5.01. The number of rotatable bonds is 5. The number of amides is 1. The molecule has 0 spiro atoms. The van der Waals surface area contributed by atoms with Crippen molar-refractivity contribution in [3.8, 4) is 5.75 Å². The molecule has 4 nitrogen and oxygen atoms in total. The Morgan fingerprint density at radius 2 is 2.22 bits per heavy atom. The van der Waals surface area contributed by atoms with E-state index in [2.05, 4.69) is 21.2 Å². The van der Waals surface area contributed by atoms with Gasteiger partial charge in [-0.05, 0) is 53.0 Å². The quantitative estimate of drug-likeness (QED) is 0.849. The lowest BCUT2D eigenvalue weighted by atomic mass is 10.2. The van der Waals surface area contributed by atoms with Gasteiger partial charge in [0, 0.05) is 18.7 Å². The van der Waals surface area contributed by atoms with Gasteiger partial charge in [0.15, 0.2) is 0 Å². The lowest BCUT2D eigenvalue weighted by molar-refractivity contribution is 0.0858. The summed E-state index contributed by atoms with van der Waals surface area (Å²) in [4.78, 5) is 11.9. The second-order valence-electron chi connectivity index (χ2n) is 4.12. The van der Waals surface area contributed by atoms with E-state index in [-0.39, 0.29) is 12.0 Å². The molecule has 2 rings (SSSR count). The molecule has 5 heteroatoms. The van der Waals surface area contributed by atoms with Crippen molar-refractivity contribution < 1.29 is 14.3 Å². The van der Waals surface area contributed by atoms with Gasteiger partial charge >= 0.3 is 0 Å². The average molecular weight is 314 g/mol. The fourth-order valence-corrected chi connectivity index (χ4v) is 2.14. The fraction of sp³-hybridized carbons (Fsp3) is 0.462. The highest BCUT2D eigenvalue weighted by molar-refractivity contribution is 9.09. The smallest absolute Gasteiger partial charge is 0.251 e. The van der Waals surface area contributed by atoms with E-state index >= 15 is 0 Å². The van der Waals surface area contributed by atoms with Crippen molar-refractivity contribution in [2.24, 2.45) is 0 Å². The van der Waals surface area contributed by atoms with Crippen molar-refractivity contribution in [2.75, 3.05) is 18.7 Å². The summed E-state index contributed by atoms with van der Waals surface area (Å²) in [5.74, 6) is 0.665. The van der Waals surface area contributed by atoms with Crippen molar-refractivity contribution in [1.82, 2.24) is 5.32 Å². The molecule has 1 aliphatic heterocycles. The summed E-state index contributed by atoms with van der Waals surface area (Å²) in [5, 5.41) is 2.88. The number of alkyl halides is 1. The number of carbonyl (C=O) groups is 1. The Bertz CT molecular complexity index is 388. The molecule has 0 bridgehead atoms. The minimum absolute atomic E-state index is 0.0732. The molecule has 98 valence electrons. The van der Waals surface area contributed by atoms with E-state index in [1.807, 2.05) is 0 Å². The highest BCUT2D eigenvalue weighted by atomic mass is 79.9. The first-order chi connectivity index (χ1) is 8.79. The highest BCUT2D eigenvalue weighted by Crippen LogP contribution is 2.13. The van der Waals surface area contributed by atoms with Crippen LogP contribution in [-0.2, 0) is 4.74 Å². The summed E-state index contributed by atoms with van der Waals surface area (Å²) in [6.07, 6.45) is 2.28. The van der Waals surface area contributed by atoms with Crippen molar-refractivity contribution >= 4 is 21.8 Å². The molecule has 1 saturated heterocycles. The maximum atomic E-state index is 11.9. The van der Waals surface area contributed by atoms with Crippen LogP contribution in [-0.4, -0.2) is 30.7 Å². The van der Waals surface area contributed by atoms with Crippen LogP contribution in [0.3, 0.4) is 0 Å². The van der Waals surface area contributed by atoms with Crippen molar-refractivity contribution in [1.29, 1.82) is 0 Å². The highest BCUT2D eigenvalue weighted by Gasteiger charge is 2.16. The van der Waals surface area contributed by atoms with Gasteiger partial charge in [0.1, 0.15) is 11.3 Å². The van der Waals surface area contributed by atoms with Crippen LogP contribution in [0.2, 0.25) is 0 Å². The topological polar surface area (TPSA) is 47.6 Å². The lowest BCUT2D eigenvalue weighted by Crippen LogP contribution is -2.31. The Morgan fingerprint density at radius 1 is 1.44 bits per heavy atom. The van der Waals surface area contributed by atoms with Gasteiger partial charge in [0.2, 0.25) is 0 Å². The van der Waals surface area contributed by atoms with Crippen molar-refractivity contribution in [3.05, 3.63) is 29.8 Å². The maximum Gasteiger partial charge on any atom is 0.251 e. The summed E-state index contributed by atoms with van der Waals surface area (Å²) in [6.45, 7) is 1.39. The van der Waals surface area contributed by atoms with Crippen molar-refractivity contribution in [2.45, 2.75) is 18.9 Å². The van der Waals surface area contributed by atoms with Crippen molar-refractivity contribution in [3.63, 3.8) is 0 Å². The van der Waals surface area contributed by atoms with E-state index in [0.717, 1.165) is 25.2 Å². The summed E-state index contributed by atoms with van der Waals surface area (Å²) in [7, 11) is 0. The Labute approximate surface area is 115 Å². The molecule has 0 saturated carbocycles. The van der Waals surface area contributed by atoms with Crippen LogP contribution in [0.4, 0.5) is 0 Å². The monoisotopic (exact) mass is 313 g/mol. The predicted molar refractivity (Wildman–Crippen MR) is 72.2 cm³/mol. The summed E-state index contributed by atoms with van der Waals surface area (Å²) < 4.78 is 10.7. The molecule has 1 N–H and O–H groups in total. The van der Waals surface area contributed by atoms with Crippen LogP contribution < -0.4 is 10.1 Å². The number of ether oxygens (including phenoxy) is 2. The number of halogens is 1. The number of nitrogens with one attached hydrogen (secondary N) is 1. The molecule has 1 aliphatic rings. The molecule has 0 radical (unpaired) electrons. The fourth-order valence-electron chi connectivity index (χ4n) is 1.88. The third kappa shape index (κ3) is 3.71. The predicted octanol–water partition coefficient (Wildman–Crippen LogP) is 2.33. The zero-order valence-corrected chi connectivity index (χ0v) is 11.6. The molecule has 1 heterocycles. The van der Waals surface area contributed by atoms with Gasteiger partial charge in [-0.3, -0.25) is 4.79 Å². The summed E-state index contributed by atoms with van der Waals surface area (Å²) >= 11 is 3.18. The second kappa shape index (κ2) is 6.75. The first kappa shape index (κ1) is 13.4. The molecule has 0 aliphatic carbocycles. The van der Waals surface area contributed by atoms with Crippen LogP contribution in [0.1, 0.15) is 23.2 Å². The average Bonchev–Trinajstić information content (AvgIpc) is 2.90. The Hall–Kier alpha value is -1.07. The summed E-state index contributed by atoms with van der Waals surface area (Å²) in [5.41, 5.74) is 1.08. The lowest BCUT2D eigenvalue weighted by Gasteiger charge is -2.11. The third-order valence-corrected chi connectivity index (χ3v) is 3.08. The van der Waals surface area contributed by atoms with E-state index in [4.69, 9.17) is 9.47 Å². The molecule has 1 fully saturated rings. The maximum absolute atomic E-state index is 11.9. The Balaban J connectivity index is 1.83. The van der Waals surface area contributed by atoms with E-state index in [9.17, 15) is 4.79 Å². The van der Waals surface area contributed by atoms with Crippen LogP contribution in [0.15, 0.2) is 24.3 Å². The van der Waals surface area contributed by atoms with E-state index < -0.39 is 0 Å². The second-order valence-corrected chi connectivity index (χ2v) is 4.58. The van der Waals surface area contributed by atoms with Crippen LogP contribution in [0.25, 0.3) is 0 Å². The van der Waals surface area contributed by atoms with Gasteiger partial charge in [-0.1, -0.05) is 0 Å². The molecule has 0 aromatic heterocycles. The molecule has 1 unspecified atom stereocenters. The molecular formula is C13H16BrNO3. The molecule has 1 amide bonds. The third-order valence-electron chi connectivity index (χ3n) is 2.85. The minimum atomic E-state index is -0.0732. The molecule has 18 heavy (non-hydrogen) atoms. The van der Waals surface area contributed by atoms with Crippen LogP contribution in [0.5, 0.6) is 5.75 Å². The molecule has 1 aromatic carbocycles. The van der Waals surface area contributed by atoms with Gasteiger partial charge in [0.25, 0.3) is 5.91 Å². The van der Waals surface area contributed by atoms with E-state index in [1.54, 1.807) is 24.3 Å². The molecular weight excluding hydrogens is 298 g/mol. The van der Waals surface area contributed by atoms with Gasteiger partial charge < -0.3 is 14.8 Å². The van der Waals surface area contributed by atoms with Crippen LogP contribution in [0, 0.1) is 0 Å². The van der Waals surface area contributed by atoms with Gasteiger partial charge in [0.05, 0.1) is 6.10 Å². The van der Waals surface area contributed by atoms with Gasteiger partial charge in [-0.2, -0.15) is 0 Å². The standard InChI is InChI=1S/C13H16BrNO3/c14-9-18-11-5-3-10(4-6-11)13(16)15-8-12-2-1-7-17-12/h3-6,12H,1-2,7-9H2,(H,15,16). The molecule has 1 aromatic rings.